The molecular formula is C11H16N4O4. The molecular weight excluding hydrogens is 252 g/mol. The predicted octanol–water partition coefficient (Wildman–Crippen LogP) is 0.309. The number of aromatic nitrogens is 2. The summed E-state index contributed by atoms with van der Waals surface area (Å²) in [5, 5.41) is 17.8. The van der Waals surface area contributed by atoms with Gasteiger partial charge in [0, 0.05) is 13.0 Å². The van der Waals surface area contributed by atoms with Crippen molar-refractivity contribution in [3.8, 4) is 0 Å². The minimum Gasteiger partial charge on any atom is -0.480 e. The van der Waals surface area contributed by atoms with Crippen LogP contribution in [0.25, 0.3) is 0 Å². The zero-order valence-corrected chi connectivity index (χ0v) is 10.4. The molecule has 1 saturated carbocycles. The monoisotopic (exact) mass is 268 g/mol. The highest BCUT2D eigenvalue weighted by Gasteiger charge is 2.42. The number of urea groups is 1. The molecule has 0 radical (unpaired) electrons. The molecule has 0 bridgehead atoms. The fourth-order valence-corrected chi connectivity index (χ4v) is 2.22. The van der Waals surface area contributed by atoms with Gasteiger partial charge in [-0.1, -0.05) is 18.0 Å². The van der Waals surface area contributed by atoms with Gasteiger partial charge in [0.2, 0.25) is 5.89 Å². The molecule has 3 N–H and O–H groups in total. The number of carbonyl (C=O) groups excluding carboxylic acids is 1. The minimum atomic E-state index is -1.12. The summed E-state index contributed by atoms with van der Waals surface area (Å²) in [5.41, 5.74) is -1.12. The van der Waals surface area contributed by atoms with Gasteiger partial charge in [-0.05, 0) is 12.8 Å². The lowest BCUT2D eigenvalue weighted by molar-refractivity contribution is -0.144. The minimum absolute atomic E-state index is 0.309. The Morgan fingerprint density at radius 2 is 2.16 bits per heavy atom. The fourth-order valence-electron chi connectivity index (χ4n) is 2.22. The van der Waals surface area contributed by atoms with Crippen molar-refractivity contribution < 1.29 is 19.2 Å². The molecule has 1 aliphatic rings. The van der Waals surface area contributed by atoms with Gasteiger partial charge in [0.15, 0.2) is 6.33 Å². The fraction of sp³-hybridized carbons (Fsp3) is 0.636. The van der Waals surface area contributed by atoms with Crippen LogP contribution < -0.4 is 10.6 Å². The van der Waals surface area contributed by atoms with Crippen molar-refractivity contribution in [1.82, 2.24) is 20.8 Å². The molecule has 2 amide bonds. The van der Waals surface area contributed by atoms with Crippen LogP contribution in [0.1, 0.15) is 31.6 Å². The summed E-state index contributed by atoms with van der Waals surface area (Å²) in [6, 6.07) is -0.483. The number of hydrogen-bond acceptors (Lipinski definition) is 5. The predicted molar refractivity (Wildman–Crippen MR) is 63.4 cm³/mol. The van der Waals surface area contributed by atoms with E-state index in [-0.39, 0.29) is 0 Å². The highest BCUT2D eigenvalue weighted by molar-refractivity contribution is 5.86. The molecule has 0 aromatic carbocycles. The lowest BCUT2D eigenvalue weighted by atomic mass is 9.98. The topological polar surface area (TPSA) is 117 Å². The van der Waals surface area contributed by atoms with Gasteiger partial charge in [0.25, 0.3) is 0 Å². The lowest BCUT2D eigenvalue weighted by Crippen LogP contribution is -2.55. The van der Waals surface area contributed by atoms with E-state index >= 15 is 0 Å². The maximum atomic E-state index is 11.7. The maximum Gasteiger partial charge on any atom is 0.329 e. The van der Waals surface area contributed by atoms with Crippen LogP contribution in [0.4, 0.5) is 4.79 Å². The van der Waals surface area contributed by atoms with Crippen LogP contribution in [0.5, 0.6) is 0 Å². The summed E-state index contributed by atoms with van der Waals surface area (Å²) in [6.07, 6.45) is 4.27. The number of nitrogens with zero attached hydrogens (tertiary/aromatic N) is 2. The molecule has 19 heavy (non-hydrogen) atoms. The number of amides is 2. The average Bonchev–Trinajstić information content (AvgIpc) is 3.00. The normalized spacial score (nSPS) is 17.1. The number of hydrogen-bond donors (Lipinski definition) is 3. The molecule has 1 fully saturated rings. The van der Waals surface area contributed by atoms with Crippen molar-refractivity contribution in [2.75, 3.05) is 6.54 Å². The van der Waals surface area contributed by atoms with Gasteiger partial charge in [-0.15, -0.1) is 0 Å². The highest BCUT2D eigenvalue weighted by Crippen LogP contribution is 2.29. The van der Waals surface area contributed by atoms with Crippen LogP contribution in [0.3, 0.4) is 0 Å². The Hall–Kier alpha value is -2.12. The molecule has 104 valence electrons. The summed E-state index contributed by atoms with van der Waals surface area (Å²) in [4.78, 5) is 26.7. The van der Waals surface area contributed by atoms with Crippen molar-refractivity contribution in [3.63, 3.8) is 0 Å². The Kier molecular flexibility index (Phi) is 3.98. The molecule has 0 spiro atoms. The summed E-state index contributed by atoms with van der Waals surface area (Å²) in [5.74, 6) is -0.550. The molecule has 1 aliphatic carbocycles. The molecule has 2 rings (SSSR count). The molecule has 0 saturated heterocycles. The number of nitrogens with one attached hydrogen (secondary N) is 2. The first-order chi connectivity index (χ1) is 9.12. The first kappa shape index (κ1) is 13.3. The van der Waals surface area contributed by atoms with Crippen LogP contribution in [-0.2, 0) is 11.2 Å². The van der Waals surface area contributed by atoms with E-state index in [1.54, 1.807) is 0 Å². The van der Waals surface area contributed by atoms with Crippen molar-refractivity contribution >= 4 is 12.0 Å². The Bertz CT molecular complexity index is 440. The van der Waals surface area contributed by atoms with Crippen LogP contribution in [0.2, 0.25) is 0 Å². The van der Waals surface area contributed by atoms with E-state index in [4.69, 9.17) is 4.52 Å². The van der Waals surface area contributed by atoms with Gasteiger partial charge < -0.3 is 20.3 Å². The van der Waals surface area contributed by atoms with Crippen molar-refractivity contribution in [3.05, 3.63) is 12.2 Å². The Morgan fingerprint density at radius 3 is 2.74 bits per heavy atom. The lowest BCUT2D eigenvalue weighted by Gasteiger charge is -2.25. The first-order valence-corrected chi connectivity index (χ1v) is 6.17. The van der Waals surface area contributed by atoms with Crippen LogP contribution in [-0.4, -0.2) is 39.3 Å². The molecule has 0 aliphatic heterocycles. The van der Waals surface area contributed by atoms with E-state index < -0.39 is 17.5 Å². The first-order valence-electron chi connectivity index (χ1n) is 6.17. The quantitative estimate of drug-likeness (QED) is 0.707. The average molecular weight is 268 g/mol. The zero-order valence-electron chi connectivity index (χ0n) is 10.4. The van der Waals surface area contributed by atoms with Gasteiger partial charge in [-0.2, -0.15) is 4.98 Å². The van der Waals surface area contributed by atoms with Crippen LogP contribution in [0.15, 0.2) is 10.9 Å². The largest absolute Gasteiger partial charge is 0.480 e. The molecule has 1 aromatic rings. The van der Waals surface area contributed by atoms with Gasteiger partial charge in [-0.25, -0.2) is 9.59 Å². The number of rotatable bonds is 5. The highest BCUT2D eigenvalue weighted by atomic mass is 16.5. The molecule has 8 heteroatoms. The van der Waals surface area contributed by atoms with Crippen molar-refractivity contribution in [2.45, 2.75) is 37.6 Å². The van der Waals surface area contributed by atoms with Crippen molar-refractivity contribution in [2.24, 2.45) is 0 Å². The SMILES string of the molecule is O=C(NCCc1ncno1)NC1(C(=O)O)CCCC1. The molecule has 1 heterocycles. The third-order valence-corrected chi connectivity index (χ3v) is 3.25. The molecule has 8 nitrogen and oxygen atoms in total. The van der Waals surface area contributed by atoms with E-state index in [0.717, 1.165) is 12.8 Å². The summed E-state index contributed by atoms with van der Waals surface area (Å²) in [7, 11) is 0. The van der Waals surface area contributed by atoms with E-state index in [1.165, 1.54) is 6.33 Å². The Balaban J connectivity index is 1.78. The summed E-state index contributed by atoms with van der Waals surface area (Å²) in [6.45, 7) is 0.309. The second-order valence-electron chi connectivity index (χ2n) is 4.56. The third-order valence-electron chi connectivity index (χ3n) is 3.25. The van der Waals surface area contributed by atoms with E-state index in [9.17, 15) is 14.7 Å². The van der Waals surface area contributed by atoms with Crippen LogP contribution in [0, 0.1) is 0 Å². The second kappa shape index (κ2) is 5.68. The molecule has 1 aromatic heterocycles. The maximum absolute atomic E-state index is 11.7. The van der Waals surface area contributed by atoms with Crippen LogP contribution >= 0.6 is 0 Å². The van der Waals surface area contributed by atoms with Crippen molar-refractivity contribution in [1.29, 1.82) is 0 Å². The number of carboxylic acids is 1. The van der Waals surface area contributed by atoms with E-state index in [1.807, 2.05) is 0 Å². The number of aliphatic carboxylic acids is 1. The van der Waals surface area contributed by atoms with E-state index in [2.05, 4.69) is 20.8 Å². The van der Waals surface area contributed by atoms with Gasteiger partial charge >= 0.3 is 12.0 Å². The molecule has 0 atom stereocenters. The molecule has 0 unspecified atom stereocenters. The number of carboxylic acid groups (broad SMARTS) is 1. The zero-order chi connectivity index (χ0) is 13.7. The standard InChI is InChI=1S/C11H16N4O4/c16-9(17)11(4-1-2-5-11)15-10(18)12-6-3-8-13-7-14-19-8/h7H,1-6H2,(H,16,17)(H2,12,15,18). The third kappa shape index (κ3) is 3.21. The number of carbonyl (C=O) groups is 2. The van der Waals surface area contributed by atoms with Gasteiger partial charge in [0.05, 0.1) is 0 Å². The summed E-state index contributed by atoms with van der Waals surface area (Å²) >= 11 is 0. The Morgan fingerprint density at radius 1 is 1.42 bits per heavy atom. The van der Waals surface area contributed by atoms with E-state index in [0.29, 0.717) is 31.7 Å². The summed E-state index contributed by atoms with van der Waals surface area (Å²) < 4.78 is 4.78. The van der Waals surface area contributed by atoms with Gasteiger partial charge in [-0.3, -0.25) is 0 Å². The smallest absolute Gasteiger partial charge is 0.329 e. The van der Waals surface area contributed by atoms with Gasteiger partial charge in [0.1, 0.15) is 5.54 Å². The second-order valence-corrected chi connectivity index (χ2v) is 4.56. The Labute approximate surface area is 109 Å².